The number of carbonyl (C=O) groups excluding carboxylic acids is 1. The summed E-state index contributed by atoms with van der Waals surface area (Å²) in [6.07, 6.45) is 2.93. The second-order valence-corrected chi connectivity index (χ2v) is 6.99. The zero-order valence-corrected chi connectivity index (χ0v) is 15.9. The molecule has 0 unspecified atom stereocenters. The molecule has 140 valence electrons. The third kappa shape index (κ3) is 3.25. The molecule has 2 aromatic carbocycles. The van der Waals surface area contributed by atoms with Crippen LogP contribution in [0, 0.1) is 0 Å². The molecule has 5 heteroatoms. The first kappa shape index (κ1) is 17.5. The summed E-state index contributed by atoms with van der Waals surface area (Å²) in [6.45, 7) is 5.00. The number of aryl methyl sites for hydroxylation is 1. The quantitative estimate of drug-likeness (QED) is 0.749. The molecule has 5 nitrogen and oxygen atoms in total. The van der Waals surface area contributed by atoms with E-state index < -0.39 is 0 Å². The van der Waals surface area contributed by atoms with E-state index in [2.05, 4.69) is 12.2 Å². The molecule has 0 spiro atoms. The Hall–Kier alpha value is -2.95. The monoisotopic (exact) mass is 364 g/mol. The van der Waals surface area contributed by atoms with Crippen LogP contribution in [0.15, 0.2) is 42.6 Å². The second kappa shape index (κ2) is 6.99. The molecule has 1 amide bonds. The predicted molar refractivity (Wildman–Crippen MR) is 105 cm³/mol. The Bertz CT molecular complexity index is 1010. The maximum atomic E-state index is 12.8. The standard InChI is InChI=1S/C22H24N2O3/c1-4-26-20-10-15-9-14(2)27-21(15)11-16(20)12-23-22(25)18-13-24(3)19-8-6-5-7-17(18)19/h5-8,10-11,13-14H,4,9,12H2,1-3H3,(H,23,25)/t14-/m1/s1. The summed E-state index contributed by atoms with van der Waals surface area (Å²) in [6, 6.07) is 11.9. The van der Waals surface area contributed by atoms with Crippen molar-refractivity contribution in [2.75, 3.05) is 6.61 Å². The molecule has 0 fully saturated rings. The lowest BCUT2D eigenvalue weighted by Gasteiger charge is -2.13. The van der Waals surface area contributed by atoms with Gasteiger partial charge in [-0.05, 0) is 32.0 Å². The lowest BCUT2D eigenvalue weighted by molar-refractivity contribution is 0.0952. The number of amides is 1. The molecule has 1 atom stereocenters. The van der Waals surface area contributed by atoms with Gasteiger partial charge in [0.15, 0.2) is 0 Å². The van der Waals surface area contributed by atoms with Crippen molar-refractivity contribution in [2.24, 2.45) is 7.05 Å². The lowest BCUT2D eigenvalue weighted by atomic mass is 10.1. The van der Waals surface area contributed by atoms with E-state index in [9.17, 15) is 4.79 Å². The number of ether oxygens (including phenoxy) is 2. The minimum absolute atomic E-state index is 0.0935. The van der Waals surface area contributed by atoms with E-state index in [-0.39, 0.29) is 12.0 Å². The number of hydrogen-bond donors (Lipinski definition) is 1. The van der Waals surface area contributed by atoms with Gasteiger partial charge in [0.2, 0.25) is 0 Å². The Morgan fingerprint density at radius 2 is 2.15 bits per heavy atom. The van der Waals surface area contributed by atoms with Crippen LogP contribution >= 0.6 is 0 Å². The van der Waals surface area contributed by atoms with Crippen LogP contribution in [0.1, 0.15) is 35.3 Å². The van der Waals surface area contributed by atoms with Crippen LogP contribution in [-0.4, -0.2) is 23.2 Å². The van der Waals surface area contributed by atoms with Crippen molar-refractivity contribution in [3.05, 3.63) is 59.3 Å². The minimum atomic E-state index is -0.0935. The molecular weight excluding hydrogens is 340 g/mol. The first-order valence-electron chi connectivity index (χ1n) is 9.34. The summed E-state index contributed by atoms with van der Waals surface area (Å²) < 4.78 is 13.6. The average molecular weight is 364 g/mol. The molecular formula is C22H24N2O3. The maximum Gasteiger partial charge on any atom is 0.253 e. The molecule has 2 heterocycles. The summed E-state index contributed by atoms with van der Waals surface area (Å²) in [5.41, 5.74) is 3.81. The van der Waals surface area contributed by atoms with E-state index >= 15 is 0 Å². The van der Waals surface area contributed by atoms with Crippen LogP contribution in [0.5, 0.6) is 11.5 Å². The van der Waals surface area contributed by atoms with Crippen LogP contribution in [0.2, 0.25) is 0 Å². The SMILES string of the molecule is CCOc1cc2c(cc1CNC(=O)c1cn(C)c3ccccc13)O[C@H](C)C2. The summed E-state index contributed by atoms with van der Waals surface area (Å²) >= 11 is 0. The van der Waals surface area contributed by atoms with Gasteiger partial charge in [-0.25, -0.2) is 0 Å². The zero-order valence-electron chi connectivity index (χ0n) is 15.9. The predicted octanol–water partition coefficient (Wildman–Crippen LogP) is 3.83. The molecule has 27 heavy (non-hydrogen) atoms. The third-order valence-electron chi connectivity index (χ3n) is 4.96. The molecule has 1 aromatic heterocycles. The largest absolute Gasteiger partial charge is 0.494 e. The normalized spacial score (nSPS) is 15.4. The van der Waals surface area contributed by atoms with Crippen LogP contribution in [-0.2, 0) is 20.0 Å². The van der Waals surface area contributed by atoms with Gasteiger partial charge in [0.1, 0.15) is 17.6 Å². The van der Waals surface area contributed by atoms with Gasteiger partial charge in [0.05, 0.1) is 12.2 Å². The number of para-hydroxylation sites is 1. The summed E-state index contributed by atoms with van der Waals surface area (Å²) in [5, 5.41) is 3.99. The van der Waals surface area contributed by atoms with Gasteiger partial charge in [-0.1, -0.05) is 18.2 Å². The third-order valence-corrected chi connectivity index (χ3v) is 4.96. The molecule has 0 saturated carbocycles. The molecule has 1 N–H and O–H groups in total. The Morgan fingerprint density at radius 1 is 1.33 bits per heavy atom. The van der Waals surface area contributed by atoms with Crippen molar-refractivity contribution < 1.29 is 14.3 Å². The lowest BCUT2D eigenvalue weighted by Crippen LogP contribution is -2.23. The van der Waals surface area contributed by atoms with Crippen LogP contribution in [0.4, 0.5) is 0 Å². The van der Waals surface area contributed by atoms with Crippen molar-refractivity contribution in [1.29, 1.82) is 0 Å². The highest BCUT2D eigenvalue weighted by Crippen LogP contribution is 2.35. The number of fused-ring (bicyclic) bond motifs is 2. The fraction of sp³-hybridized carbons (Fsp3) is 0.318. The van der Waals surface area contributed by atoms with Gasteiger partial charge in [-0.3, -0.25) is 4.79 Å². The Kier molecular flexibility index (Phi) is 4.52. The number of hydrogen-bond acceptors (Lipinski definition) is 3. The summed E-state index contributed by atoms with van der Waals surface area (Å²) in [4.78, 5) is 12.8. The van der Waals surface area contributed by atoms with E-state index in [0.29, 0.717) is 18.7 Å². The zero-order chi connectivity index (χ0) is 19.0. The molecule has 3 aromatic rings. The molecule has 0 radical (unpaired) electrons. The van der Waals surface area contributed by atoms with Crippen LogP contribution in [0.25, 0.3) is 10.9 Å². The van der Waals surface area contributed by atoms with Crippen LogP contribution < -0.4 is 14.8 Å². The van der Waals surface area contributed by atoms with Gasteiger partial charge in [-0.2, -0.15) is 0 Å². The molecule has 1 aliphatic heterocycles. The number of nitrogens with one attached hydrogen (secondary N) is 1. The molecule has 4 rings (SSSR count). The van der Waals surface area contributed by atoms with Crippen molar-refractivity contribution >= 4 is 16.8 Å². The summed E-state index contributed by atoms with van der Waals surface area (Å²) in [7, 11) is 1.95. The van der Waals surface area contributed by atoms with E-state index in [1.54, 1.807) is 0 Å². The van der Waals surface area contributed by atoms with Crippen molar-refractivity contribution in [3.8, 4) is 11.5 Å². The highest BCUT2D eigenvalue weighted by atomic mass is 16.5. The molecule has 0 bridgehead atoms. The first-order valence-corrected chi connectivity index (χ1v) is 9.34. The first-order chi connectivity index (χ1) is 13.1. The van der Waals surface area contributed by atoms with Crippen molar-refractivity contribution in [3.63, 3.8) is 0 Å². The van der Waals surface area contributed by atoms with Crippen molar-refractivity contribution in [1.82, 2.24) is 9.88 Å². The Morgan fingerprint density at radius 3 is 2.96 bits per heavy atom. The maximum absolute atomic E-state index is 12.8. The highest BCUT2D eigenvalue weighted by molar-refractivity contribution is 6.06. The molecule has 0 aliphatic carbocycles. The van der Waals surface area contributed by atoms with E-state index in [4.69, 9.17) is 9.47 Å². The average Bonchev–Trinajstić information content (AvgIpc) is 3.19. The van der Waals surface area contributed by atoms with Gasteiger partial charge in [0, 0.05) is 48.2 Å². The van der Waals surface area contributed by atoms with Gasteiger partial charge in [0.25, 0.3) is 5.91 Å². The number of carbonyl (C=O) groups is 1. The van der Waals surface area contributed by atoms with E-state index in [0.717, 1.165) is 39.9 Å². The number of aromatic nitrogens is 1. The number of nitrogens with zero attached hydrogens (tertiary/aromatic N) is 1. The fourth-order valence-corrected chi connectivity index (χ4v) is 3.70. The smallest absolute Gasteiger partial charge is 0.253 e. The Labute approximate surface area is 158 Å². The van der Waals surface area contributed by atoms with Gasteiger partial charge >= 0.3 is 0 Å². The molecule has 0 saturated heterocycles. The highest BCUT2D eigenvalue weighted by Gasteiger charge is 2.22. The van der Waals surface area contributed by atoms with E-state index in [1.807, 2.05) is 61.1 Å². The minimum Gasteiger partial charge on any atom is -0.494 e. The second-order valence-electron chi connectivity index (χ2n) is 6.99. The fourth-order valence-electron chi connectivity index (χ4n) is 3.70. The number of benzene rings is 2. The molecule has 1 aliphatic rings. The number of rotatable bonds is 5. The van der Waals surface area contributed by atoms with Crippen LogP contribution in [0.3, 0.4) is 0 Å². The summed E-state index contributed by atoms with van der Waals surface area (Å²) in [5.74, 6) is 1.61. The Balaban J connectivity index is 1.57. The van der Waals surface area contributed by atoms with Crippen molar-refractivity contribution in [2.45, 2.75) is 32.9 Å². The van der Waals surface area contributed by atoms with E-state index in [1.165, 1.54) is 0 Å². The van der Waals surface area contributed by atoms with Gasteiger partial charge in [-0.15, -0.1) is 0 Å². The topological polar surface area (TPSA) is 52.5 Å². The van der Waals surface area contributed by atoms with Gasteiger partial charge < -0.3 is 19.4 Å².